The molecule has 4 aromatic rings. The number of anilines is 1. The number of hydrogen-bond donors (Lipinski definition) is 2. The summed E-state index contributed by atoms with van der Waals surface area (Å²) in [4.78, 5) is 3.59. The van der Waals surface area contributed by atoms with Gasteiger partial charge in [-0.2, -0.15) is 4.57 Å². The van der Waals surface area contributed by atoms with Gasteiger partial charge >= 0.3 is 0 Å². The minimum Gasteiger partial charge on any atom is -0.398 e. The Morgan fingerprint density at radius 1 is 0.955 bits per heavy atom. The van der Waals surface area contributed by atoms with Crippen molar-refractivity contribution in [3.8, 4) is 11.4 Å². The van der Waals surface area contributed by atoms with E-state index < -0.39 is 0 Å². The number of H-pyrrole nitrogens is 1. The molecule has 0 fully saturated rings. The van der Waals surface area contributed by atoms with Gasteiger partial charge in [-0.15, -0.1) is 0 Å². The summed E-state index contributed by atoms with van der Waals surface area (Å²) < 4.78 is 2.38. The predicted octanol–water partition coefficient (Wildman–Crippen LogP) is 3.41. The van der Waals surface area contributed by atoms with Crippen LogP contribution in [0.5, 0.6) is 0 Å². The Hall–Kier alpha value is -2.81. The number of nitrogens with one attached hydrogen (secondary N) is 1. The number of nitrogens with zero attached hydrogens (tertiary/aromatic N) is 1. The largest absolute Gasteiger partial charge is 0.398 e. The molecule has 3 heteroatoms. The Kier molecular flexibility index (Phi) is 2.20. The molecule has 0 atom stereocenters. The predicted molar refractivity (Wildman–Crippen MR) is 89.6 cm³/mol. The van der Waals surface area contributed by atoms with Crippen LogP contribution in [0, 0.1) is 0 Å². The first-order valence-electron chi connectivity index (χ1n) is 7.64. The quantitative estimate of drug-likeness (QED) is 0.478. The molecule has 0 radical (unpaired) electrons. The number of aromatic amines is 1. The zero-order valence-corrected chi connectivity index (χ0v) is 12.1. The topological polar surface area (TPSA) is 45.7 Å². The van der Waals surface area contributed by atoms with Crippen LogP contribution in [0.3, 0.4) is 0 Å². The van der Waals surface area contributed by atoms with E-state index in [2.05, 4.69) is 58.1 Å². The van der Waals surface area contributed by atoms with Crippen molar-refractivity contribution in [2.45, 2.75) is 13.0 Å². The highest BCUT2D eigenvalue weighted by Crippen LogP contribution is 2.34. The van der Waals surface area contributed by atoms with Crippen molar-refractivity contribution in [3.05, 3.63) is 60.2 Å². The van der Waals surface area contributed by atoms with Crippen molar-refractivity contribution in [3.63, 3.8) is 0 Å². The normalized spacial score (nSPS) is 13.3. The third-order valence-electron chi connectivity index (χ3n) is 4.74. The molecule has 0 unspecified atom stereocenters. The first kappa shape index (κ1) is 11.8. The molecule has 22 heavy (non-hydrogen) atoms. The number of para-hydroxylation sites is 2. The van der Waals surface area contributed by atoms with E-state index in [1.54, 1.807) is 0 Å². The standard InChI is InChI=1S/C19H15N3/c20-15-11-18-19-13(12-5-1-3-7-16(12)21-19)9-10-22(18)17-8-4-2-6-14(15)17/h1-8,11H,9-10H2,(H2,20,21)/p+1. The van der Waals surface area contributed by atoms with Gasteiger partial charge < -0.3 is 10.7 Å². The van der Waals surface area contributed by atoms with Crippen molar-refractivity contribution < 1.29 is 4.57 Å². The van der Waals surface area contributed by atoms with Crippen LogP contribution in [0.4, 0.5) is 5.69 Å². The summed E-state index contributed by atoms with van der Waals surface area (Å²) in [5, 5.41) is 2.46. The minimum absolute atomic E-state index is 0.841. The van der Waals surface area contributed by atoms with Crippen LogP contribution in [0.1, 0.15) is 5.56 Å². The molecule has 1 aliphatic heterocycles. The molecule has 2 aromatic carbocycles. The molecule has 2 aromatic heterocycles. The number of nitrogens with two attached hydrogens (primary N) is 1. The molecule has 0 aliphatic carbocycles. The molecule has 0 amide bonds. The summed E-state index contributed by atoms with van der Waals surface area (Å²) in [5.41, 5.74) is 13.4. The first-order valence-corrected chi connectivity index (χ1v) is 7.64. The van der Waals surface area contributed by atoms with Crippen LogP contribution in [-0.4, -0.2) is 4.98 Å². The summed E-state index contributed by atoms with van der Waals surface area (Å²) in [7, 11) is 0. The molecule has 3 heterocycles. The summed E-state index contributed by atoms with van der Waals surface area (Å²) in [6.45, 7) is 0.991. The fraction of sp³-hybridized carbons (Fsp3) is 0.105. The van der Waals surface area contributed by atoms with E-state index in [0.29, 0.717) is 0 Å². The smallest absolute Gasteiger partial charge is 0.231 e. The summed E-state index contributed by atoms with van der Waals surface area (Å²) >= 11 is 0. The molecular weight excluding hydrogens is 270 g/mol. The molecule has 106 valence electrons. The summed E-state index contributed by atoms with van der Waals surface area (Å²) in [6, 6.07) is 19.0. The number of hydrogen-bond acceptors (Lipinski definition) is 1. The van der Waals surface area contributed by atoms with Crippen molar-refractivity contribution in [1.82, 2.24) is 4.98 Å². The second-order valence-electron chi connectivity index (χ2n) is 5.93. The summed E-state index contributed by atoms with van der Waals surface area (Å²) in [6.07, 6.45) is 1.05. The Morgan fingerprint density at radius 3 is 2.64 bits per heavy atom. The minimum atomic E-state index is 0.841. The van der Waals surface area contributed by atoms with Gasteiger partial charge in [0.25, 0.3) is 0 Å². The van der Waals surface area contributed by atoms with E-state index >= 15 is 0 Å². The van der Waals surface area contributed by atoms with Gasteiger partial charge in [-0.25, -0.2) is 0 Å². The molecule has 3 N–H and O–H groups in total. The zero-order chi connectivity index (χ0) is 14.7. The van der Waals surface area contributed by atoms with Gasteiger partial charge in [-0.3, -0.25) is 0 Å². The maximum Gasteiger partial charge on any atom is 0.231 e. The summed E-state index contributed by atoms with van der Waals surface area (Å²) in [5.74, 6) is 0. The zero-order valence-electron chi connectivity index (χ0n) is 12.1. The second-order valence-corrected chi connectivity index (χ2v) is 5.93. The van der Waals surface area contributed by atoms with E-state index in [-0.39, 0.29) is 0 Å². The van der Waals surface area contributed by atoms with Crippen LogP contribution in [0.2, 0.25) is 0 Å². The molecule has 1 aliphatic rings. The number of benzene rings is 2. The maximum atomic E-state index is 6.30. The number of rotatable bonds is 0. The number of pyridine rings is 1. The average Bonchev–Trinajstić information content (AvgIpc) is 2.94. The van der Waals surface area contributed by atoms with Gasteiger partial charge in [0.05, 0.1) is 11.1 Å². The maximum absolute atomic E-state index is 6.30. The first-order chi connectivity index (χ1) is 10.8. The van der Waals surface area contributed by atoms with Gasteiger partial charge in [0.15, 0.2) is 6.54 Å². The van der Waals surface area contributed by atoms with Crippen LogP contribution in [-0.2, 0) is 13.0 Å². The van der Waals surface area contributed by atoms with Crippen molar-refractivity contribution in [2.75, 3.05) is 5.73 Å². The molecule has 0 saturated carbocycles. The molecule has 0 spiro atoms. The number of aromatic nitrogens is 2. The number of nitrogen functional groups attached to an aromatic ring is 1. The van der Waals surface area contributed by atoms with Crippen molar-refractivity contribution in [2.24, 2.45) is 0 Å². The SMILES string of the molecule is Nc1cc2[n+](c3ccccc13)CCc1c-2[nH]c2ccccc12. The lowest BCUT2D eigenvalue weighted by Gasteiger charge is -2.14. The molecule has 5 rings (SSSR count). The van der Waals surface area contributed by atoms with Gasteiger partial charge in [0.2, 0.25) is 11.2 Å². The Bertz CT molecular complexity index is 1040. The van der Waals surface area contributed by atoms with Crippen LogP contribution in [0.25, 0.3) is 33.2 Å². The fourth-order valence-electron chi connectivity index (χ4n) is 3.74. The Balaban J connectivity index is 1.91. The van der Waals surface area contributed by atoms with Gasteiger partial charge in [-0.1, -0.05) is 30.3 Å². The lowest BCUT2D eigenvalue weighted by atomic mass is 10.00. The van der Waals surface area contributed by atoms with Gasteiger partial charge in [0.1, 0.15) is 5.69 Å². The lowest BCUT2D eigenvalue weighted by Crippen LogP contribution is -2.41. The van der Waals surface area contributed by atoms with Crippen LogP contribution in [0.15, 0.2) is 54.6 Å². The molecule has 0 bridgehead atoms. The number of fused-ring (bicyclic) bond motifs is 7. The lowest BCUT2D eigenvalue weighted by molar-refractivity contribution is -0.661. The monoisotopic (exact) mass is 286 g/mol. The Morgan fingerprint density at radius 2 is 1.73 bits per heavy atom. The Labute approximate surface area is 128 Å². The highest BCUT2D eigenvalue weighted by molar-refractivity contribution is 5.93. The van der Waals surface area contributed by atoms with Crippen molar-refractivity contribution >= 4 is 27.5 Å². The van der Waals surface area contributed by atoms with E-state index in [1.165, 1.54) is 33.4 Å². The highest BCUT2D eigenvalue weighted by Gasteiger charge is 2.29. The average molecular weight is 286 g/mol. The molecular formula is C19H16N3+. The molecule has 0 saturated heterocycles. The highest BCUT2D eigenvalue weighted by atomic mass is 15.0. The second kappa shape index (κ2) is 4.10. The van der Waals surface area contributed by atoms with Gasteiger partial charge in [-0.05, 0) is 17.7 Å². The third-order valence-corrected chi connectivity index (χ3v) is 4.74. The number of aryl methyl sites for hydroxylation is 2. The van der Waals surface area contributed by atoms with Crippen molar-refractivity contribution in [1.29, 1.82) is 0 Å². The van der Waals surface area contributed by atoms with Crippen LogP contribution < -0.4 is 10.3 Å². The fourth-order valence-corrected chi connectivity index (χ4v) is 3.74. The van der Waals surface area contributed by atoms with Crippen LogP contribution >= 0.6 is 0 Å². The third kappa shape index (κ3) is 1.43. The van der Waals surface area contributed by atoms with E-state index in [0.717, 1.165) is 24.0 Å². The van der Waals surface area contributed by atoms with E-state index in [4.69, 9.17) is 5.73 Å². The molecule has 3 nitrogen and oxygen atoms in total. The van der Waals surface area contributed by atoms with E-state index in [1.807, 2.05) is 6.07 Å². The van der Waals surface area contributed by atoms with Gasteiger partial charge in [0, 0.05) is 29.5 Å². The van der Waals surface area contributed by atoms with E-state index in [9.17, 15) is 0 Å².